The van der Waals surface area contributed by atoms with Crippen molar-refractivity contribution in [3.05, 3.63) is 12.2 Å². The van der Waals surface area contributed by atoms with Gasteiger partial charge in [-0.15, -0.1) is 0 Å². The number of amides is 1. The lowest BCUT2D eigenvalue weighted by molar-refractivity contribution is 0.0925. The van der Waals surface area contributed by atoms with Crippen molar-refractivity contribution in [1.29, 1.82) is 0 Å². The van der Waals surface area contributed by atoms with Crippen molar-refractivity contribution in [2.45, 2.75) is 12.8 Å². The highest BCUT2D eigenvalue weighted by Gasteiger charge is 2.42. The number of nitrogens with one attached hydrogen (secondary N) is 2. The van der Waals surface area contributed by atoms with Crippen LogP contribution in [0.2, 0.25) is 0 Å². The predicted molar refractivity (Wildman–Crippen MR) is 47.5 cm³/mol. The first kappa shape index (κ1) is 9.14. The number of hydrogen-bond donors (Lipinski definition) is 3. The maximum absolute atomic E-state index is 11.4. The third-order valence-corrected chi connectivity index (χ3v) is 2.55. The van der Waals surface area contributed by atoms with E-state index in [1.807, 2.05) is 0 Å². The van der Waals surface area contributed by atoms with E-state index in [0.29, 0.717) is 6.54 Å². The minimum Gasteiger partial charge on any atom is -0.396 e. The van der Waals surface area contributed by atoms with Crippen LogP contribution in [-0.4, -0.2) is 39.3 Å². The maximum atomic E-state index is 11.4. The number of aliphatic hydroxyl groups is 1. The second kappa shape index (κ2) is 3.38. The molecule has 6 heteroatoms. The highest BCUT2D eigenvalue weighted by atomic mass is 16.3. The SMILES string of the molecule is O=C(NCC1(CO)CC1)c1ncn[nH]1. The molecule has 3 N–H and O–H groups in total. The molecule has 0 radical (unpaired) electrons. The molecule has 1 fully saturated rings. The molecular weight excluding hydrogens is 184 g/mol. The van der Waals surface area contributed by atoms with Gasteiger partial charge in [-0.05, 0) is 12.8 Å². The van der Waals surface area contributed by atoms with Gasteiger partial charge in [-0.1, -0.05) is 0 Å². The Bertz CT molecular complexity index is 318. The number of carbonyl (C=O) groups excluding carboxylic acids is 1. The van der Waals surface area contributed by atoms with Crippen molar-refractivity contribution in [2.24, 2.45) is 5.41 Å². The van der Waals surface area contributed by atoms with Crippen molar-refractivity contribution in [3.63, 3.8) is 0 Å². The molecule has 1 heterocycles. The van der Waals surface area contributed by atoms with E-state index in [-0.39, 0.29) is 23.8 Å². The lowest BCUT2D eigenvalue weighted by Crippen LogP contribution is -2.32. The van der Waals surface area contributed by atoms with Gasteiger partial charge in [0, 0.05) is 12.0 Å². The largest absolute Gasteiger partial charge is 0.396 e. The fourth-order valence-electron chi connectivity index (χ4n) is 1.23. The molecule has 0 aliphatic heterocycles. The molecule has 76 valence electrons. The normalized spacial score (nSPS) is 17.8. The molecule has 2 rings (SSSR count). The summed E-state index contributed by atoms with van der Waals surface area (Å²) in [4.78, 5) is 15.1. The molecule has 14 heavy (non-hydrogen) atoms. The number of carbonyl (C=O) groups is 1. The standard InChI is InChI=1S/C8H12N4O2/c13-4-8(1-2-8)3-9-7(14)6-10-5-11-12-6/h5,13H,1-4H2,(H,9,14)(H,10,11,12). The van der Waals surface area contributed by atoms with Crippen LogP contribution >= 0.6 is 0 Å². The number of rotatable bonds is 4. The third kappa shape index (κ3) is 1.74. The molecule has 0 bridgehead atoms. The Kier molecular flexibility index (Phi) is 2.20. The summed E-state index contributed by atoms with van der Waals surface area (Å²) in [5.74, 6) is -0.0686. The fraction of sp³-hybridized carbons (Fsp3) is 0.625. The first-order valence-electron chi connectivity index (χ1n) is 4.50. The van der Waals surface area contributed by atoms with E-state index in [1.54, 1.807) is 0 Å². The van der Waals surface area contributed by atoms with E-state index in [2.05, 4.69) is 20.5 Å². The second-order valence-electron chi connectivity index (χ2n) is 3.67. The van der Waals surface area contributed by atoms with Crippen LogP contribution in [0.3, 0.4) is 0 Å². The third-order valence-electron chi connectivity index (χ3n) is 2.55. The van der Waals surface area contributed by atoms with Gasteiger partial charge in [-0.3, -0.25) is 9.89 Å². The van der Waals surface area contributed by atoms with Crippen LogP contribution in [-0.2, 0) is 0 Å². The van der Waals surface area contributed by atoms with Gasteiger partial charge in [0.05, 0.1) is 6.61 Å². The van der Waals surface area contributed by atoms with Crippen molar-refractivity contribution in [1.82, 2.24) is 20.5 Å². The molecule has 1 saturated carbocycles. The van der Waals surface area contributed by atoms with Gasteiger partial charge in [0.25, 0.3) is 5.91 Å². The maximum Gasteiger partial charge on any atom is 0.288 e. The second-order valence-corrected chi connectivity index (χ2v) is 3.67. The molecule has 1 aliphatic rings. The quantitative estimate of drug-likeness (QED) is 0.594. The van der Waals surface area contributed by atoms with E-state index < -0.39 is 0 Å². The molecule has 1 aromatic rings. The number of aromatic nitrogens is 3. The smallest absolute Gasteiger partial charge is 0.288 e. The molecule has 0 saturated heterocycles. The summed E-state index contributed by atoms with van der Waals surface area (Å²) in [7, 11) is 0. The Morgan fingerprint density at radius 1 is 1.71 bits per heavy atom. The zero-order valence-corrected chi connectivity index (χ0v) is 7.66. The molecular formula is C8H12N4O2. The highest BCUT2D eigenvalue weighted by molar-refractivity contribution is 5.90. The van der Waals surface area contributed by atoms with Gasteiger partial charge in [-0.25, -0.2) is 4.98 Å². The summed E-state index contributed by atoms with van der Waals surface area (Å²) in [5, 5.41) is 17.8. The van der Waals surface area contributed by atoms with E-state index in [4.69, 9.17) is 5.11 Å². The first-order valence-corrected chi connectivity index (χ1v) is 4.50. The number of hydrogen-bond acceptors (Lipinski definition) is 4. The summed E-state index contributed by atoms with van der Waals surface area (Å²) in [6.07, 6.45) is 3.23. The molecule has 1 amide bonds. The lowest BCUT2D eigenvalue weighted by atomic mass is 10.1. The summed E-state index contributed by atoms with van der Waals surface area (Å²) in [6, 6.07) is 0. The summed E-state index contributed by atoms with van der Waals surface area (Å²) >= 11 is 0. The Morgan fingerprint density at radius 3 is 3.00 bits per heavy atom. The average molecular weight is 196 g/mol. The highest BCUT2D eigenvalue weighted by Crippen LogP contribution is 2.44. The lowest BCUT2D eigenvalue weighted by Gasteiger charge is -2.11. The van der Waals surface area contributed by atoms with Crippen LogP contribution in [0.15, 0.2) is 6.33 Å². The molecule has 6 nitrogen and oxygen atoms in total. The number of aromatic amines is 1. The molecule has 1 aromatic heterocycles. The van der Waals surface area contributed by atoms with E-state index in [1.165, 1.54) is 6.33 Å². The van der Waals surface area contributed by atoms with Crippen LogP contribution in [0.25, 0.3) is 0 Å². The summed E-state index contributed by atoms with van der Waals surface area (Å²) in [5.41, 5.74) is -0.0737. The monoisotopic (exact) mass is 196 g/mol. The van der Waals surface area contributed by atoms with E-state index >= 15 is 0 Å². The van der Waals surface area contributed by atoms with Crippen molar-refractivity contribution >= 4 is 5.91 Å². The Labute approximate surface area is 80.7 Å². The Hall–Kier alpha value is -1.43. The van der Waals surface area contributed by atoms with Gasteiger partial charge >= 0.3 is 0 Å². The van der Waals surface area contributed by atoms with Crippen molar-refractivity contribution in [2.75, 3.05) is 13.2 Å². The zero-order chi connectivity index (χ0) is 10.0. The first-order chi connectivity index (χ1) is 6.76. The predicted octanol–water partition coefficient (Wildman–Crippen LogP) is -0.693. The molecule has 0 unspecified atom stereocenters. The van der Waals surface area contributed by atoms with Crippen molar-refractivity contribution in [3.8, 4) is 0 Å². The van der Waals surface area contributed by atoms with Gasteiger partial charge in [0.2, 0.25) is 5.82 Å². The number of H-pyrrole nitrogens is 1. The van der Waals surface area contributed by atoms with Crippen molar-refractivity contribution < 1.29 is 9.90 Å². The van der Waals surface area contributed by atoms with Crippen LogP contribution in [0.5, 0.6) is 0 Å². The van der Waals surface area contributed by atoms with Gasteiger partial charge in [-0.2, -0.15) is 5.10 Å². The van der Waals surface area contributed by atoms with Crippen LogP contribution in [0, 0.1) is 5.41 Å². The molecule has 0 spiro atoms. The minimum absolute atomic E-state index is 0.0737. The minimum atomic E-state index is -0.276. The fourth-order valence-corrected chi connectivity index (χ4v) is 1.23. The zero-order valence-electron chi connectivity index (χ0n) is 7.66. The van der Waals surface area contributed by atoms with Gasteiger partial charge in [0.1, 0.15) is 6.33 Å². The van der Waals surface area contributed by atoms with Gasteiger partial charge < -0.3 is 10.4 Å². The Morgan fingerprint density at radius 2 is 2.50 bits per heavy atom. The topological polar surface area (TPSA) is 90.9 Å². The molecule has 0 atom stereocenters. The number of aliphatic hydroxyl groups excluding tert-OH is 1. The van der Waals surface area contributed by atoms with Crippen LogP contribution in [0.4, 0.5) is 0 Å². The average Bonchev–Trinajstić information content (AvgIpc) is 2.78. The van der Waals surface area contributed by atoms with E-state index in [0.717, 1.165) is 12.8 Å². The Balaban J connectivity index is 1.84. The van der Waals surface area contributed by atoms with Crippen LogP contribution < -0.4 is 5.32 Å². The van der Waals surface area contributed by atoms with Crippen LogP contribution in [0.1, 0.15) is 23.5 Å². The van der Waals surface area contributed by atoms with Gasteiger partial charge in [0.15, 0.2) is 0 Å². The van der Waals surface area contributed by atoms with E-state index in [9.17, 15) is 4.79 Å². The summed E-state index contributed by atoms with van der Waals surface area (Å²) in [6.45, 7) is 0.632. The molecule has 1 aliphatic carbocycles. The summed E-state index contributed by atoms with van der Waals surface area (Å²) < 4.78 is 0. The molecule has 0 aromatic carbocycles. The number of nitrogens with zero attached hydrogens (tertiary/aromatic N) is 2.